The fraction of sp³-hybridized carbons (Fsp3) is 0.222. The summed E-state index contributed by atoms with van der Waals surface area (Å²) in [6.45, 7) is 2.04. The molecule has 3 aromatic rings. The summed E-state index contributed by atoms with van der Waals surface area (Å²) in [6, 6.07) is 6.02. The third-order valence-corrected chi connectivity index (χ3v) is 5.37. The normalized spacial score (nSPS) is 14.2. The van der Waals surface area contributed by atoms with E-state index in [0.717, 1.165) is 23.5 Å². The number of nitrogens with zero attached hydrogens (tertiary/aromatic N) is 3. The average Bonchev–Trinajstić information content (AvgIpc) is 3.09. The minimum atomic E-state index is -1.03. The smallest absolute Gasteiger partial charge is 0.270 e. The van der Waals surface area contributed by atoms with Gasteiger partial charge in [0.05, 0.1) is 39.6 Å². The maximum atomic E-state index is 13.4. The fourth-order valence-corrected chi connectivity index (χ4v) is 3.91. The number of halogens is 2. The molecule has 1 N–H and O–H groups in total. The molecule has 8 nitrogen and oxygen atoms in total. The summed E-state index contributed by atoms with van der Waals surface area (Å²) < 4.78 is 32.5. The standard InChI is InChI=1S/C18H14F2N4O4S/c19-12-8-14-16(9-13(12)20)29-18(21-14)22-17(25)11-7-10(24(26)27)1-2-15(11)23-3-5-28-6-4-23/h1-2,7-9H,3-6H2,(H,21,22,25). The molecule has 29 heavy (non-hydrogen) atoms. The van der Waals surface area contributed by atoms with E-state index in [1.807, 2.05) is 4.90 Å². The number of carbonyl (C=O) groups is 1. The van der Waals surface area contributed by atoms with Crippen LogP contribution in [-0.2, 0) is 4.74 Å². The number of benzene rings is 2. The number of non-ortho nitro benzene ring substituents is 1. The van der Waals surface area contributed by atoms with E-state index in [1.54, 1.807) is 0 Å². The van der Waals surface area contributed by atoms with Gasteiger partial charge in [0.1, 0.15) is 0 Å². The molecule has 2 aromatic carbocycles. The second-order valence-corrected chi connectivity index (χ2v) is 7.30. The quantitative estimate of drug-likeness (QED) is 0.512. The molecular weight excluding hydrogens is 406 g/mol. The Balaban J connectivity index is 1.67. The summed E-state index contributed by atoms with van der Waals surface area (Å²) in [5.74, 6) is -2.64. The van der Waals surface area contributed by atoms with Crippen molar-refractivity contribution in [1.29, 1.82) is 0 Å². The molecule has 0 saturated carbocycles. The van der Waals surface area contributed by atoms with E-state index in [1.165, 1.54) is 18.2 Å². The van der Waals surface area contributed by atoms with Crippen molar-refractivity contribution in [3.63, 3.8) is 0 Å². The van der Waals surface area contributed by atoms with Gasteiger partial charge in [0.15, 0.2) is 16.8 Å². The zero-order valence-electron chi connectivity index (χ0n) is 14.9. The van der Waals surface area contributed by atoms with Crippen LogP contribution in [0.1, 0.15) is 10.4 Å². The zero-order valence-corrected chi connectivity index (χ0v) is 15.7. The van der Waals surface area contributed by atoms with Crippen LogP contribution >= 0.6 is 11.3 Å². The maximum absolute atomic E-state index is 13.4. The fourth-order valence-electron chi connectivity index (χ4n) is 3.04. The first-order valence-corrected chi connectivity index (χ1v) is 9.42. The van der Waals surface area contributed by atoms with Gasteiger partial charge in [-0.3, -0.25) is 20.2 Å². The Morgan fingerprint density at radius 3 is 2.66 bits per heavy atom. The van der Waals surface area contributed by atoms with E-state index in [2.05, 4.69) is 10.3 Å². The molecule has 4 rings (SSSR count). The third-order valence-electron chi connectivity index (χ3n) is 4.44. The van der Waals surface area contributed by atoms with Crippen molar-refractivity contribution in [3.05, 3.63) is 57.6 Å². The number of ether oxygens (including phenoxy) is 1. The molecule has 1 aliphatic rings. The lowest BCUT2D eigenvalue weighted by molar-refractivity contribution is -0.384. The van der Waals surface area contributed by atoms with Crippen molar-refractivity contribution in [2.24, 2.45) is 0 Å². The van der Waals surface area contributed by atoms with Crippen LogP contribution in [0.15, 0.2) is 30.3 Å². The molecule has 0 spiro atoms. The average molecular weight is 420 g/mol. The van der Waals surface area contributed by atoms with Crippen LogP contribution in [0, 0.1) is 21.7 Å². The Hall–Kier alpha value is -3.18. The maximum Gasteiger partial charge on any atom is 0.270 e. The van der Waals surface area contributed by atoms with Crippen LogP contribution in [0.25, 0.3) is 10.2 Å². The highest BCUT2D eigenvalue weighted by atomic mass is 32.1. The van der Waals surface area contributed by atoms with Crippen LogP contribution in [0.4, 0.5) is 25.3 Å². The monoisotopic (exact) mass is 420 g/mol. The molecule has 150 valence electrons. The number of fused-ring (bicyclic) bond motifs is 1. The molecule has 1 saturated heterocycles. The third kappa shape index (κ3) is 3.87. The summed E-state index contributed by atoms with van der Waals surface area (Å²) in [4.78, 5) is 29.5. The van der Waals surface area contributed by atoms with Crippen LogP contribution in [0.5, 0.6) is 0 Å². The van der Waals surface area contributed by atoms with Crippen LogP contribution in [-0.4, -0.2) is 42.1 Å². The Kier molecular flexibility index (Phi) is 5.07. The Morgan fingerprint density at radius 2 is 1.93 bits per heavy atom. The Bertz CT molecular complexity index is 1080. The molecule has 11 heteroatoms. The lowest BCUT2D eigenvalue weighted by Crippen LogP contribution is -2.37. The predicted octanol–water partition coefficient (Wildman–Crippen LogP) is 3.57. The number of nitrogens with one attached hydrogen (secondary N) is 1. The Labute approximate surface area is 166 Å². The van der Waals surface area contributed by atoms with Gasteiger partial charge in [-0.1, -0.05) is 11.3 Å². The molecule has 0 atom stereocenters. The molecular formula is C18H14F2N4O4S. The first-order chi connectivity index (χ1) is 13.9. The summed E-state index contributed by atoms with van der Waals surface area (Å²) in [6.07, 6.45) is 0. The van der Waals surface area contributed by atoms with E-state index in [-0.39, 0.29) is 21.9 Å². The number of morpholine rings is 1. The molecule has 0 radical (unpaired) electrons. The first-order valence-electron chi connectivity index (χ1n) is 8.60. The number of rotatable bonds is 4. The molecule has 1 aliphatic heterocycles. The van der Waals surface area contributed by atoms with Crippen molar-refractivity contribution in [1.82, 2.24) is 4.98 Å². The second kappa shape index (κ2) is 7.68. The summed E-state index contributed by atoms with van der Waals surface area (Å²) >= 11 is 0.978. The largest absolute Gasteiger partial charge is 0.378 e. The first kappa shape index (κ1) is 19.2. The number of amides is 1. The number of aromatic nitrogens is 1. The van der Waals surface area contributed by atoms with E-state index in [9.17, 15) is 23.7 Å². The number of hydrogen-bond acceptors (Lipinski definition) is 7. The van der Waals surface area contributed by atoms with Gasteiger partial charge in [-0.05, 0) is 12.1 Å². The predicted molar refractivity (Wildman–Crippen MR) is 104 cm³/mol. The van der Waals surface area contributed by atoms with Gasteiger partial charge in [0.2, 0.25) is 0 Å². The highest BCUT2D eigenvalue weighted by Gasteiger charge is 2.23. The van der Waals surface area contributed by atoms with Crippen molar-refractivity contribution in [3.8, 4) is 0 Å². The van der Waals surface area contributed by atoms with Gasteiger partial charge in [0.25, 0.3) is 11.6 Å². The minimum absolute atomic E-state index is 0.109. The molecule has 0 aliphatic carbocycles. The number of thiazole rings is 1. The highest BCUT2D eigenvalue weighted by Crippen LogP contribution is 2.30. The van der Waals surface area contributed by atoms with Crippen LogP contribution in [0.2, 0.25) is 0 Å². The van der Waals surface area contributed by atoms with Gasteiger partial charge in [0, 0.05) is 31.3 Å². The van der Waals surface area contributed by atoms with Crippen LogP contribution < -0.4 is 10.2 Å². The van der Waals surface area contributed by atoms with Crippen molar-refractivity contribution < 1.29 is 23.2 Å². The van der Waals surface area contributed by atoms with Crippen LogP contribution in [0.3, 0.4) is 0 Å². The van der Waals surface area contributed by atoms with E-state index in [4.69, 9.17) is 4.74 Å². The molecule has 1 aromatic heterocycles. The van der Waals surface area contributed by atoms with Gasteiger partial charge < -0.3 is 9.64 Å². The SMILES string of the molecule is O=C(Nc1nc2cc(F)c(F)cc2s1)c1cc([N+](=O)[O-])ccc1N1CCOCC1. The Morgan fingerprint density at radius 1 is 1.21 bits per heavy atom. The lowest BCUT2D eigenvalue weighted by Gasteiger charge is -2.30. The second-order valence-electron chi connectivity index (χ2n) is 6.27. The van der Waals surface area contributed by atoms with Crippen molar-refractivity contribution >= 4 is 44.0 Å². The number of hydrogen-bond donors (Lipinski definition) is 1. The highest BCUT2D eigenvalue weighted by molar-refractivity contribution is 7.22. The summed E-state index contributed by atoms with van der Waals surface area (Å²) in [5, 5.41) is 13.9. The molecule has 2 heterocycles. The van der Waals surface area contributed by atoms with Gasteiger partial charge in [-0.2, -0.15) is 0 Å². The number of anilines is 2. The van der Waals surface area contributed by atoms with E-state index >= 15 is 0 Å². The summed E-state index contributed by atoms with van der Waals surface area (Å²) in [7, 11) is 0. The number of carbonyl (C=O) groups excluding carboxylic acids is 1. The van der Waals surface area contributed by atoms with Gasteiger partial charge in [-0.25, -0.2) is 13.8 Å². The van der Waals surface area contributed by atoms with E-state index < -0.39 is 22.5 Å². The minimum Gasteiger partial charge on any atom is -0.378 e. The summed E-state index contributed by atoms with van der Waals surface area (Å²) in [5.41, 5.74) is 0.629. The molecule has 1 fully saturated rings. The lowest BCUT2D eigenvalue weighted by atomic mass is 10.1. The molecule has 1 amide bonds. The zero-order chi connectivity index (χ0) is 20.5. The van der Waals surface area contributed by atoms with Crippen molar-refractivity contribution in [2.45, 2.75) is 0 Å². The topological polar surface area (TPSA) is 97.6 Å². The van der Waals surface area contributed by atoms with Gasteiger partial charge >= 0.3 is 0 Å². The molecule has 0 unspecified atom stereocenters. The van der Waals surface area contributed by atoms with Gasteiger partial charge in [-0.15, -0.1) is 0 Å². The van der Waals surface area contributed by atoms with E-state index in [0.29, 0.717) is 36.7 Å². The number of nitro groups is 1. The number of nitro benzene ring substituents is 1. The molecule has 0 bridgehead atoms. The van der Waals surface area contributed by atoms with Crippen molar-refractivity contribution in [2.75, 3.05) is 36.5 Å².